The Kier molecular flexibility index (Phi) is 5.48. The second-order valence-corrected chi connectivity index (χ2v) is 6.45. The van der Waals surface area contributed by atoms with Gasteiger partial charge in [-0.1, -0.05) is 45.9 Å². The van der Waals surface area contributed by atoms with Gasteiger partial charge in [0.15, 0.2) is 5.71 Å². The molecule has 0 unspecified atom stereocenters. The van der Waals surface area contributed by atoms with Crippen molar-refractivity contribution in [2.75, 3.05) is 0 Å². The number of hydrazone groups is 1. The molecule has 0 aromatic heterocycles. The first-order chi connectivity index (χ1) is 9.49. The van der Waals surface area contributed by atoms with Crippen LogP contribution < -0.4 is 0 Å². The quantitative estimate of drug-likeness (QED) is 0.354. The molecule has 5 heteroatoms. The van der Waals surface area contributed by atoms with Crippen LogP contribution in [0.25, 0.3) is 0 Å². The van der Waals surface area contributed by atoms with Crippen molar-refractivity contribution in [3.05, 3.63) is 27.2 Å². The van der Waals surface area contributed by atoms with Gasteiger partial charge in [0.2, 0.25) is 0 Å². The van der Waals surface area contributed by atoms with Crippen molar-refractivity contribution in [3.63, 3.8) is 0 Å². The molecule has 108 valence electrons. The monoisotopic (exact) mass is 331 g/mol. The van der Waals surface area contributed by atoms with Crippen LogP contribution in [0.2, 0.25) is 15.1 Å². The molecule has 1 aliphatic carbocycles. The minimum atomic E-state index is 0.533. The molecule has 0 N–H and O–H groups in total. The van der Waals surface area contributed by atoms with E-state index >= 15 is 0 Å². The molecule has 2 nitrogen and oxygen atoms in total. The molecule has 0 aliphatic heterocycles. The van der Waals surface area contributed by atoms with E-state index in [0.29, 0.717) is 15.1 Å². The molecule has 0 amide bonds. The van der Waals surface area contributed by atoms with Gasteiger partial charge in [0.1, 0.15) is 10.0 Å². The molecule has 1 aromatic rings. The van der Waals surface area contributed by atoms with E-state index in [1.807, 2.05) is 18.5 Å². The van der Waals surface area contributed by atoms with Gasteiger partial charge in [0.25, 0.3) is 5.69 Å². The van der Waals surface area contributed by atoms with Crippen molar-refractivity contribution in [2.24, 2.45) is 5.10 Å². The normalized spacial score (nSPS) is 15.2. The zero-order chi connectivity index (χ0) is 14.7. The fourth-order valence-electron chi connectivity index (χ4n) is 2.39. The lowest BCUT2D eigenvalue weighted by molar-refractivity contribution is -0.448. The molecule has 1 saturated carbocycles. The third-order valence-corrected chi connectivity index (χ3v) is 4.02. The van der Waals surface area contributed by atoms with Gasteiger partial charge in [0, 0.05) is 17.9 Å². The number of rotatable bonds is 2. The molecular formula is C15H18Cl3N2+. The Hall–Kier alpha value is -0.570. The fraction of sp³-hybridized carbons (Fsp3) is 0.467. The number of hydrogen-bond donors (Lipinski definition) is 0. The zero-order valence-corrected chi connectivity index (χ0v) is 14.0. The molecule has 1 aliphatic rings. The van der Waals surface area contributed by atoms with Crippen LogP contribution >= 0.6 is 34.8 Å². The third-order valence-electron chi connectivity index (χ3n) is 3.22. The SMILES string of the molecule is CC(C)=N[N+](=C1CCCCC1)c1c(Cl)cc(Cl)cc1Cl. The summed E-state index contributed by atoms with van der Waals surface area (Å²) in [5.41, 5.74) is 2.96. The molecule has 0 spiro atoms. The second kappa shape index (κ2) is 6.93. The van der Waals surface area contributed by atoms with Gasteiger partial charge in [-0.15, -0.1) is 0 Å². The maximum Gasteiger partial charge on any atom is 0.275 e. The van der Waals surface area contributed by atoms with E-state index in [1.165, 1.54) is 25.0 Å². The predicted molar refractivity (Wildman–Crippen MR) is 88.3 cm³/mol. The molecule has 0 saturated heterocycles. The summed E-state index contributed by atoms with van der Waals surface area (Å²) in [6.07, 6.45) is 5.71. The van der Waals surface area contributed by atoms with Crippen LogP contribution in [0.5, 0.6) is 0 Å². The Balaban J connectivity index is 2.61. The highest BCUT2D eigenvalue weighted by atomic mass is 35.5. The highest BCUT2D eigenvalue weighted by molar-refractivity contribution is 6.41. The smallest absolute Gasteiger partial charge is 0.0842 e. The molecule has 1 aromatic carbocycles. The number of halogens is 3. The molecule has 0 radical (unpaired) electrons. The first-order valence-electron chi connectivity index (χ1n) is 6.80. The number of hydrogen-bond acceptors (Lipinski definition) is 1. The molecule has 20 heavy (non-hydrogen) atoms. The van der Waals surface area contributed by atoms with E-state index in [1.54, 1.807) is 12.1 Å². The van der Waals surface area contributed by atoms with Crippen LogP contribution in [0.1, 0.15) is 46.0 Å². The first kappa shape index (κ1) is 15.8. The van der Waals surface area contributed by atoms with E-state index in [9.17, 15) is 0 Å². The van der Waals surface area contributed by atoms with Crippen LogP contribution in [0.4, 0.5) is 5.69 Å². The molecular weight excluding hydrogens is 315 g/mol. The first-order valence-corrected chi connectivity index (χ1v) is 7.93. The summed E-state index contributed by atoms with van der Waals surface area (Å²) in [6, 6.07) is 3.42. The van der Waals surface area contributed by atoms with Crippen molar-refractivity contribution < 1.29 is 4.68 Å². The summed E-state index contributed by atoms with van der Waals surface area (Å²) in [5.74, 6) is 0. The maximum atomic E-state index is 6.34. The minimum Gasteiger partial charge on any atom is -0.0842 e. The Morgan fingerprint density at radius 2 is 1.55 bits per heavy atom. The molecule has 1 fully saturated rings. The number of benzene rings is 1. The van der Waals surface area contributed by atoms with E-state index in [0.717, 1.165) is 24.2 Å². The Bertz CT molecular complexity index is 541. The summed E-state index contributed by atoms with van der Waals surface area (Å²) in [6.45, 7) is 3.93. The van der Waals surface area contributed by atoms with Crippen molar-refractivity contribution in [3.8, 4) is 0 Å². The van der Waals surface area contributed by atoms with Crippen molar-refractivity contribution in [2.45, 2.75) is 46.0 Å². The maximum absolute atomic E-state index is 6.34. The van der Waals surface area contributed by atoms with Gasteiger partial charge in [-0.05, 0) is 43.9 Å². The van der Waals surface area contributed by atoms with E-state index in [-0.39, 0.29) is 0 Å². The highest BCUT2D eigenvalue weighted by Crippen LogP contribution is 2.37. The van der Waals surface area contributed by atoms with Gasteiger partial charge >= 0.3 is 0 Å². The lowest BCUT2D eigenvalue weighted by atomic mass is 9.98. The lowest BCUT2D eigenvalue weighted by Crippen LogP contribution is -2.17. The van der Waals surface area contributed by atoms with Crippen LogP contribution in [-0.4, -0.2) is 16.1 Å². The predicted octanol–water partition coefficient (Wildman–Crippen LogP) is 6.09. The molecule has 0 heterocycles. The average molecular weight is 333 g/mol. The van der Waals surface area contributed by atoms with E-state index < -0.39 is 0 Å². The van der Waals surface area contributed by atoms with Crippen molar-refractivity contribution >= 4 is 51.9 Å². The van der Waals surface area contributed by atoms with Crippen molar-refractivity contribution in [1.82, 2.24) is 0 Å². The van der Waals surface area contributed by atoms with Crippen LogP contribution in [-0.2, 0) is 0 Å². The topological polar surface area (TPSA) is 15.4 Å². The summed E-state index contributed by atoms with van der Waals surface area (Å²) in [7, 11) is 0. The fourth-order valence-corrected chi connectivity index (χ4v) is 3.36. The summed E-state index contributed by atoms with van der Waals surface area (Å²) < 4.78 is 1.91. The Morgan fingerprint density at radius 3 is 2.05 bits per heavy atom. The third kappa shape index (κ3) is 3.75. The summed E-state index contributed by atoms with van der Waals surface area (Å²) >= 11 is 18.7. The zero-order valence-electron chi connectivity index (χ0n) is 11.7. The van der Waals surface area contributed by atoms with Gasteiger partial charge in [-0.3, -0.25) is 0 Å². The van der Waals surface area contributed by atoms with E-state index in [4.69, 9.17) is 34.8 Å². The van der Waals surface area contributed by atoms with Gasteiger partial charge in [-0.25, -0.2) is 0 Å². The Labute approximate surface area is 135 Å². The minimum absolute atomic E-state index is 0.533. The van der Waals surface area contributed by atoms with Gasteiger partial charge < -0.3 is 0 Å². The van der Waals surface area contributed by atoms with E-state index in [2.05, 4.69) is 5.10 Å². The summed E-state index contributed by atoms with van der Waals surface area (Å²) in [4.78, 5) is 0. The van der Waals surface area contributed by atoms with Gasteiger partial charge in [-0.2, -0.15) is 0 Å². The highest BCUT2D eigenvalue weighted by Gasteiger charge is 2.26. The largest absolute Gasteiger partial charge is 0.275 e. The van der Waals surface area contributed by atoms with Crippen LogP contribution in [0.15, 0.2) is 17.2 Å². The van der Waals surface area contributed by atoms with Gasteiger partial charge in [0.05, 0.1) is 5.71 Å². The Morgan fingerprint density at radius 1 is 1.00 bits per heavy atom. The molecule has 2 rings (SSSR count). The second-order valence-electron chi connectivity index (χ2n) is 5.20. The molecule has 0 atom stereocenters. The lowest BCUT2D eigenvalue weighted by Gasteiger charge is -2.12. The standard InChI is InChI=1S/C15H18Cl3N2/c1-10(2)19-20(12-6-4-3-5-7-12)15-13(17)8-11(16)9-14(15)18/h8-9H,3-7H2,1-2H3/q+1. The van der Waals surface area contributed by atoms with Crippen LogP contribution in [0.3, 0.4) is 0 Å². The average Bonchev–Trinajstić information content (AvgIpc) is 2.37. The van der Waals surface area contributed by atoms with Crippen molar-refractivity contribution in [1.29, 1.82) is 0 Å². The molecule has 0 bridgehead atoms. The van der Waals surface area contributed by atoms with Crippen LogP contribution in [0, 0.1) is 0 Å². The summed E-state index contributed by atoms with van der Waals surface area (Å²) in [5, 5.41) is 6.23. The number of nitrogens with zero attached hydrogens (tertiary/aromatic N) is 2.